The van der Waals surface area contributed by atoms with Crippen molar-refractivity contribution in [1.29, 1.82) is 0 Å². The summed E-state index contributed by atoms with van der Waals surface area (Å²) in [6, 6.07) is 8.70. The van der Waals surface area contributed by atoms with Crippen molar-refractivity contribution in [3.8, 4) is 5.75 Å². The van der Waals surface area contributed by atoms with Gasteiger partial charge in [0.15, 0.2) is 5.96 Å². The molecule has 0 saturated heterocycles. The molecule has 1 amide bonds. The van der Waals surface area contributed by atoms with Crippen LogP contribution in [0.1, 0.15) is 39.7 Å². The van der Waals surface area contributed by atoms with Gasteiger partial charge in [-0.1, -0.05) is 12.1 Å². The summed E-state index contributed by atoms with van der Waals surface area (Å²) in [6.07, 6.45) is 1.01. The molecule has 7 nitrogen and oxygen atoms in total. The Morgan fingerprint density at radius 1 is 1.07 bits per heavy atom. The molecule has 0 atom stereocenters. The molecule has 8 heteroatoms. The van der Waals surface area contributed by atoms with Crippen molar-refractivity contribution in [2.75, 3.05) is 33.8 Å². The number of hydrogen-bond acceptors (Lipinski definition) is 4. The molecule has 0 unspecified atom stereocenters. The van der Waals surface area contributed by atoms with Crippen molar-refractivity contribution >= 4 is 35.8 Å². The van der Waals surface area contributed by atoms with E-state index >= 15 is 0 Å². The fraction of sp³-hybridized carbons (Fsp3) is 0.619. The van der Waals surface area contributed by atoms with E-state index in [0.29, 0.717) is 24.6 Å². The van der Waals surface area contributed by atoms with Crippen LogP contribution in [0.5, 0.6) is 5.75 Å². The standard InChI is InChI=1S/C21H37N5O2.HI/c1-16(2)26(17(3)4)13-7-12-23-21(22-5)25-15-20(27)24-14-18-8-10-19(28-6)11-9-18;/h8-11,16-17H,7,12-15H2,1-6H3,(H,24,27)(H2,22,23,25);1H. The van der Waals surface area contributed by atoms with Gasteiger partial charge in [0.25, 0.3) is 0 Å². The lowest BCUT2D eigenvalue weighted by Crippen LogP contribution is -2.44. The van der Waals surface area contributed by atoms with Crippen LogP contribution in [-0.2, 0) is 11.3 Å². The number of amides is 1. The second kappa shape index (κ2) is 15.3. The average molecular weight is 519 g/mol. The van der Waals surface area contributed by atoms with Crippen LogP contribution in [0.25, 0.3) is 0 Å². The summed E-state index contributed by atoms with van der Waals surface area (Å²) in [7, 11) is 3.34. The molecule has 0 saturated carbocycles. The molecule has 29 heavy (non-hydrogen) atoms. The molecule has 1 rings (SSSR count). The highest BCUT2D eigenvalue weighted by atomic mass is 127. The van der Waals surface area contributed by atoms with Gasteiger partial charge >= 0.3 is 0 Å². The molecule has 0 heterocycles. The van der Waals surface area contributed by atoms with E-state index in [4.69, 9.17) is 4.74 Å². The van der Waals surface area contributed by atoms with Crippen LogP contribution in [0.3, 0.4) is 0 Å². The molecule has 0 aromatic heterocycles. The summed E-state index contributed by atoms with van der Waals surface area (Å²) in [5.74, 6) is 1.36. The number of nitrogens with zero attached hydrogens (tertiary/aromatic N) is 2. The fourth-order valence-corrected chi connectivity index (χ4v) is 2.97. The quantitative estimate of drug-likeness (QED) is 0.181. The molecule has 0 aliphatic rings. The first-order valence-corrected chi connectivity index (χ1v) is 9.97. The molecule has 3 N–H and O–H groups in total. The minimum atomic E-state index is -0.0791. The number of halogens is 1. The number of carbonyl (C=O) groups is 1. The third-order valence-corrected chi connectivity index (χ3v) is 4.50. The lowest BCUT2D eigenvalue weighted by molar-refractivity contribution is -0.120. The maximum atomic E-state index is 12.0. The Bertz CT molecular complexity index is 598. The van der Waals surface area contributed by atoms with E-state index < -0.39 is 0 Å². The number of hydrogen-bond donors (Lipinski definition) is 3. The molecule has 0 bridgehead atoms. The largest absolute Gasteiger partial charge is 0.497 e. The Morgan fingerprint density at radius 3 is 2.21 bits per heavy atom. The van der Waals surface area contributed by atoms with Crippen LogP contribution in [0.4, 0.5) is 0 Å². The highest BCUT2D eigenvalue weighted by Crippen LogP contribution is 2.10. The van der Waals surface area contributed by atoms with Crippen LogP contribution in [-0.4, -0.2) is 62.6 Å². The molecule has 0 radical (unpaired) electrons. The van der Waals surface area contributed by atoms with E-state index in [2.05, 4.69) is 53.5 Å². The number of aliphatic imine (C=N–C) groups is 1. The van der Waals surface area contributed by atoms with Gasteiger partial charge in [-0.25, -0.2) is 0 Å². The normalized spacial score (nSPS) is 11.4. The number of nitrogens with one attached hydrogen (secondary N) is 3. The lowest BCUT2D eigenvalue weighted by Gasteiger charge is -2.30. The van der Waals surface area contributed by atoms with Gasteiger partial charge in [0.2, 0.25) is 5.91 Å². The van der Waals surface area contributed by atoms with Crippen LogP contribution >= 0.6 is 24.0 Å². The third kappa shape index (κ3) is 11.3. The van der Waals surface area contributed by atoms with Crippen LogP contribution in [0, 0.1) is 0 Å². The number of carbonyl (C=O) groups excluding carboxylic acids is 1. The number of ether oxygens (including phenoxy) is 1. The van der Waals surface area contributed by atoms with E-state index in [1.54, 1.807) is 14.2 Å². The number of guanidine groups is 1. The Morgan fingerprint density at radius 2 is 1.69 bits per heavy atom. The van der Waals surface area contributed by atoms with Gasteiger partial charge in [-0.2, -0.15) is 0 Å². The summed E-state index contributed by atoms with van der Waals surface area (Å²) < 4.78 is 5.13. The van der Waals surface area contributed by atoms with Gasteiger partial charge in [-0.05, 0) is 51.8 Å². The first-order chi connectivity index (χ1) is 13.4. The summed E-state index contributed by atoms with van der Waals surface area (Å²) in [4.78, 5) is 18.7. The Balaban J connectivity index is 0.00000784. The molecule has 0 aliphatic heterocycles. The molecular weight excluding hydrogens is 481 g/mol. The zero-order valence-corrected chi connectivity index (χ0v) is 20.9. The van der Waals surface area contributed by atoms with Crippen molar-refractivity contribution in [2.45, 2.75) is 52.7 Å². The maximum absolute atomic E-state index is 12.0. The van der Waals surface area contributed by atoms with Crippen molar-refractivity contribution in [1.82, 2.24) is 20.9 Å². The van der Waals surface area contributed by atoms with E-state index in [0.717, 1.165) is 30.8 Å². The Hall–Kier alpha value is -1.55. The highest BCUT2D eigenvalue weighted by molar-refractivity contribution is 14.0. The molecule has 166 valence electrons. The van der Waals surface area contributed by atoms with Gasteiger partial charge in [0.05, 0.1) is 13.7 Å². The van der Waals surface area contributed by atoms with E-state index in [-0.39, 0.29) is 36.4 Å². The summed E-state index contributed by atoms with van der Waals surface area (Å²) in [6.45, 7) is 11.4. The monoisotopic (exact) mass is 519 g/mol. The van der Waals surface area contributed by atoms with Crippen LogP contribution in [0.15, 0.2) is 29.3 Å². The fourth-order valence-electron chi connectivity index (χ4n) is 2.97. The third-order valence-electron chi connectivity index (χ3n) is 4.50. The van der Waals surface area contributed by atoms with Gasteiger partial charge in [0, 0.05) is 38.8 Å². The van der Waals surface area contributed by atoms with E-state index in [1.165, 1.54) is 0 Å². The zero-order valence-electron chi connectivity index (χ0n) is 18.6. The van der Waals surface area contributed by atoms with E-state index in [9.17, 15) is 4.79 Å². The summed E-state index contributed by atoms with van der Waals surface area (Å²) in [5.41, 5.74) is 1.02. The maximum Gasteiger partial charge on any atom is 0.239 e. The Kier molecular flexibility index (Phi) is 14.5. The first kappa shape index (κ1) is 27.5. The van der Waals surface area contributed by atoms with Gasteiger partial charge in [-0.15, -0.1) is 24.0 Å². The average Bonchev–Trinajstić information content (AvgIpc) is 2.68. The highest BCUT2D eigenvalue weighted by Gasteiger charge is 2.12. The summed E-state index contributed by atoms with van der Waals surface area (Å²) in [5, 5.41) is 9.20. The molecule has 0 spiro atoms. The second-order valence-corrected chi connectivity index (χ2v) is 7.26. The van der Waals surface area contributed by atoms with Crippen LogP contribution < -0.4 is 20.7 Å². The number of methoxy groups -OCH3 is 1. The van der Waals surface area contributed by atoms with Crippen molar-refractivity contribution in [3.05, 3.63) is 29.8 Å². The molecule has 1 aromatic rings. The predicted octanol–water partition coefficient (Wildman–Crippen LogP) is 2.60. The second-order valence-electron chi connectivity index (χ2n) is 7.26. The lowest BCUT2D eigenvalue weighted by atomic mass is 10.2. The van der Waals surface area contributed by atoms with Gasteiger partial charge < -0.3 is 20.7 Å². The Labute approximate surface area is 193 Å². The number of rotatable bonds is 11. The predicted molar refractivity (Wildman–Crippen MR) is 131 cm³/mol. The molecule has 0 fully saturated rings. The first-order valence-electron chi connectivity index (χ1n) is 9.97. The van der Waals surface area contributed by atoms with Gasteiger partial charge in [-0.3, -0.25) is 14.7 Å². The molecule has 1 aromatic carbocycles. The minimum absolute atomic E-state index is 0. The SMILES string of the molecule is CN=C(NCCCN(C(C)C)C(C)C)NCC(=O)NCc1ccc(OC)cc1.I. The van der Waals surface area contributed by atoms with Crippen molar-refractivity contribution < 1.29 is 9.53 Å². The summed E-state index contributed by atoms with van der Waals surface area (Å²) >= 11 is 0. The molecular formula is C21H38IN5O2. The zero-order chi connectivity index (χ0) is 20.9. The van der Waals surface area contributed by atoms with Gasteiger partial charge in [0.1, 0.15) is 5.75 Å². The smallest absolute Gasteiger partial charge is 0.239 e. The van der Waals surface area contributed by atoms with Crippen LogP contribution in [0.2, 0.25) is 0 Å². The minimum Gasteiger partial charge on any atom is -0.497 e. The van der Waals surface area contributed by atoms with Crippen molar-refractivity contribution in [2.24, 2.45) is 4.99 Å². The van der Waals surface area contributed by atoms with E-state index in [1.807, 2.05) is 24.3 Å². The number of benzene rings is 1. The van der Waals surface area contributed by atoms with Crippen molar-refractivity contribution in [3.63, 3.8) is 0 Å². The topological polar surface area (TPSA) is 78.0 Å². The molecule has 0 aliphatic carbocycles.